The van der Waals surface area contributed by atoms with Gasteiger partial charge in [-0.25, -0.2) is 0 Å². The number of rotatable bonds is 3. The van der Waals surface area contributed by atoms with Crippen molar-refractivity contribution in [2.75, 3.05) is 13.7 Å². The average molecular weight is 265 g/mol. The summed E-state index contributed by atoms with van der Waals surface area (Å²) < 4.78 is 10.7. The summed E-state index contributed by atoms with van der Waals surface area (Å²) in [6.45, 7) is 2.88. The summed E-state index contributed by atoms with van der Waals surface area (Å²) in [6.07, 6.45) is 1.11. The maximum absolute atomic E-state index is 5.35. The summed E-state index contributed by atoms with van der Waals surface area (Å²) in [4.78, 5) is 4.48. The molecule has 0 spiro atoms. The summed E-state index contributed by atoms with van der Waals surface area (Å²) in [5.74, 6) is 1.32. The van der Waals surface area contributed by atoms with Crippen molar-refractivity contribution < 1.29 is 9.26 Å². The van der Waals surface area contributed by atoms with Gasteiger partial charge < -0.3 is 14.6 Å². The van der Waals surface area contributed by atoms with Gasteiger partial charge in [-0.3, -0.25) is 0 Å². The molecular formula is C12H15N3O2S. The van der Waals surface area contributed by atoms with Crippen LogP contribution < -0.4 is 5.32 Å². The number of ether oxygens (including phenoxy) is 1. The smallest absolute Gasteiger partial charge is 0.244 e. The molecule has 0 amide bonds. The van der Waals surface area contributed by atoms with E-state index in [1.165, 1.54) is 5.56 Å². The molecule has 5 nitrogen and oxygen atoms in total. The highest BCUT2D eigenvalue weighted by Crippen LogP contribution is 2.28. The first-order valence-electron chi connectivity index (χ1n) is 5.91. The standard InChI is InChI=1S/C12H15N3O2S/c1-7-5-18-6-9(7)11-14-12(17-15-11)10-3-8(16-2)4-13-10/h5-6,8,10,13H,3-4H2,1-2H3. The Balaban J connectivity index is 1.80. The van der Waals surface area contributed by atoms with E-state index >= 15 is 0 Å². The highest BCUT2D eigenvalue weighted by molar-refractivity contribution is 7.08. The Morgan fingerprint density at radius 2 is 2.39 bits per heavy atom. The molecule has 0 aliphatic carbocycles. The van der Waals surface area contributed by atoms with Crippen molar-refractivity contribution in [3.05, 3.63) is 22.2 Å². The van der Waals surface area contributed by atoms with Crippen LogP contribution in [0.5, 0.6) is 0 Å². The molecule has 1 N–H and O–H groups in total. The minimum atomic E-state index is 0.107. The zero-order valence-corrected chi connectivity index (χ0v) is 11.2. The van der Waals surface area contributed by atoms with E-state index in [0.29, 0.717) is 11.7 Å². The third-order valence-electron chi connectivity index (χ3n) is 3.26. The molecule has 3 rings (SSSR count). The predicted molar refractivity (Wildman–Crippen MR) is 68.5 cm³/mol. The lowest BCUT2D eigenvalue weighted by Gasteiger charge is -2.04. The Bertz CT molecular complexity index is 537. The van der Waals surface area contributed by atoms with Crippen LogP contribution >= 0.6 is 11.3 Å². The number of aromatic nitrogens is 2. The van der Waals surface area contributed by atoms with Crippen molar-refractivity contribution in [2.45, 2.75) is 25.5 Å². The van der Waals surface area contributed by atoms with Gasteiger partial charge in [-0.15, -0.1) is 0 Å². The molecule has 1 fully saturated rings. The predicted octanol–water partition coefficient (Wildman–Crippen LogP) is 2.16. The molecule has 0 bridgehead atoms. The zero-order chi connectivity index (χ0) is 12.5. The van der Waals surface area contributed by atoms with Crippen molar-refractivity contribution in [2.24, 2.45) is 0 Å². The topological polar surface area (TPSA) is 60.2 Å². The van der Waals surface area contributed by atoms with Crippen molar-refractivity contribution in [3.63, 3.8) is 0 Å². The van der Waals surface area contributed by atoms with Gasteiger partial charge in [0.2, 0.25) is 11.7 Å². The van der Waals surface area contributed by atoms with Crippen LogP contribution in [0.25, 0.3) is 11.4 Å². The van der Waals surface area contributed by atoms with Crippen LogP contribution in [-0.2, 0) is 4.74 Å². The van der Waals surface area contributed by atoms with Gasteiger partial charge >= 0.3 is 0 Å². The first kappa shape index (κ1) is 11.8. The van der Waals surface area contributed by atoms with E-state index in [9.17, 15) is 0 Å². The van der Waals surface area contributed by atoms with Crippen molar-refractivity contribution in [3.8, 4) is 11.4 Å². The lowest BCUT2D eigenvalue weighted by molar-refractivity contribution is 0.116. The average Bonchev–Trinajstić information content (AvgIpc) is 3.07. The Labute approximate surface area is 109 Å². The summed E-state index contributed by atoms with van der Waals surface area (Å²) >= 11 is 1.65. The molecule has 2 unspecified atom stereocenters. The number of nitrogens with zero attached hydrogens (tertiary/aromatic N) is 2. The van der Waals surface area contributed by atoms with E-state index in [4.69, 9.17) is 9.26 Å². The Kier molecular flexibility index (Phi) is 3.15. The maximum Gasteiger partial charge on any atom is 0.244 e. The van der Waals surface area contributed by atoms with Crippen LogP contribution in [0.1, 0.15) is 23.9 Å². The van der Waals surface area contributed by atoms with Gasteiger partial charge in [0.05, 0.1) is 12.1 Å². The molecular weight excluding hydrogens is 250 g/mol. The number of thiophene rings is 1. The van der Waals surface area contributed by atoms with Crippen LogP contribution in [0.4, 0.5) is 0 Å². The normalized spacial score (nSPS) is 23.7. The first-order valence-corrected chi connectivity index (χ1v) is 6.85. The van der Waals surface area contributed by atoms with Gasteiger partial charge in [-0.1, -0.05) is 5.16 Å². The second kappa shape index (κ2) is 4.79. The number of hydrogen-bond acceptors (Lipinski definition) is 6. The lowest BCUT2D eigenvalue weighted by Crippen LogP contribution is -2.16. The summed E-state index contributed by atoms with van der Waals surface area (Å²) in [7, 11) is 1.72. The monoisotopic (exact) mass is 265 g/mol. The fraction of sp³-hybridized carbons (Fsp3) is 0.500. The van der Waals surface area contributed by atoms with Crippen molar-refractivity contribution >= 4 is 11.3 Å². The van der Waals surface area contributed by atoms with E-state index in [1.807, 2.05) is 5.38 Å². The second-order valence-electron chi connectivity index (χ2n) is 4.48. The van der Waals surface area contributed by atoms with Crippen molar-refractivity contribution in [1.82, 2.24) is 15.5 Å². The minimum Gasteiger partial charge on any atom is -0.380 e. The number of hydrogen-bond donors (Lipinski definition) is 1. The highest BCUT2D eigenvalue weighted by atomic mass is 32.1. The molecule has 0 saturated carbocycles. The maximum atomic E-state index is 5.35. The van der Waals surface area contributed by atoms with Gasteiger partial charge in [0.15, 0.2) is 0 Å². The molecule has 2 aromatic rings. The molecule has 96 valence electrons. The Morgan fingerprint density at radius 3 is 3.06 bits per heavy atom. The molecule has 0 aromatic carbocycles. The van der Waals surface area contributed by atoms with E-state index < -0.39 is 0 Å². The summed E-state index contributed by atoms with van der Waals surface area (Å²) in [5, 5.41) is 11.5. The zero-order valence-electron chi connectivity index (χ0n) is 10.3. The number of aryl methyl sites for hydroxylation is 1. The molecule has 1 aliphatic heterocycles. The molecule has 1 aliphatic rings. The number of nitrogens with one attached hydrogen (secondary N) is 1. The highest BCUT2D eigenvalue weighted by Gasteiger charge is 2.29. The summed E-state index contributed by atoms with van der Waals surface area (Å²) in [5.41, 5.74) is 2.23. The van der Waals surface area contributed by atoms with Gasteiger partial charge in [0, 0.05) is 24.6 Å². The fourth-order valence-electron chi connectivity index (χ4n) is 2.15. The molecule has 3 heterocycles. The Morgan fingerprint density at radius 1 is 1.50 bits per heavy atom. The van der Waals surface area contributed by atoms with Crippen molar-refractivity contribution in [1.29, 1.82) is 0 Å². The SMILES string of the molecule is COC1CNC(c2nc(-c3cscc3C)no2)C1. The fourth-order valence-corrected chi connectivity index (χ4v) is 2.97. The molecule has 2 atom stereocenters. The van der Waals surface area contributed by atoms with E-state index in [2.05, 4.69) is 27.8 Å². The Hall–Kier alpha value is -1.24. The van der Waals surface area contributed by atoms with Crippen LogP contribution in [0.3, 0.4) is 0 Å². The van der Waals surface area contributed by atoms with E-state index in [0.717, 1.165) is 18.5 Å². The van der Waals surface area contributed by atoms with Gasteiger partial charge in [-0.2, -0.15) is 16.3 Å². The van der Waals surface area contributed by atoms with Crippen LogP contribution in [0.2, 0.25) is 0 Å². The molecule has 1 saturated heterocycles. The van der Waals surface area contributed by atoms with Gasteiger partial charge in [0.25, 0.3) is 0 Å². The molecule has 6 heteroatoms. The molecule has 18 heavy (non-hydrogen) atoms. The third kappa shape index (κ3) is 2.07. The van der Waals surface area contributed by atoms with E-state index in [-0.39, 0.29) is 12.1 Å². The number of methoxy groups -OCH3 is 1. The van der Waals surface area contributed by atoms with Crippen LogP contribution in [0, 0.1) is 6.92 Å². The molecule has 0 radical (unpaired) electrons. The quantitative estimate of drug-likeness (QED) is 0.921. The third-order valence-corrected chi connectivity index (χ3v) is 4.12. The first-order chi connectivity index (χ1) is 8.78. The lowest BCUT2D eigenvalue weighted by atomic mass is 10.2. The molecule has 2 aromatic heterocycles. The van der Waals surface area contributed by atoms with Crippen LogP contribution in [0.15, 0.2) is 15.3 Å². The van der Waals surface area contributed by atoms with Crippen LogP contribution in [-0.4, -0.2) is 29.9 Å². The van der Waals surface area contributed by atoms with E-state index in [1.54, 1.807) is 18.4 Å². The van der Waals surface area contributed by atoms with Gasteiger partial charge in [0.1, 0.15) is 0 Å². The largest absolute Gasteiger partial charge is 0.380 e. The minimum absolute atomic E-state index is 0.107. The second-order valence-corrected chi connectivity index (χ2v) is 5.22. The van der Waals surface area contributed by atoms with Gasteiger partial charge in [-0.05, 0) is 24.3 Å². The summed E-state index contributed by atoms with van der Waals surface area (Å²) in [6, 6.07) is 0.107.